The van der Waals surface area contributed by atoms with Gasteiger partial charge >= 0.3 is 0 Å². The van der Waals surface area contributed by atoms with Crippen LogP contribution < -0.4 is 19.5 Å². The minimum atomic E-state index is -0.0669. The molecule has 0 unspecified atom stereocenters. The predicted molar refractivity (Wildman–Crippen MR) is 120 cm³/mol. The summed E-state index contributed by atoms with van der Waals surface area (Å²) >= 11 is 3.24. The second-order valence-electron chi connectivity index (χ2n) is 6.42. The number of carbonyl (C=O) groups excluding carboxylic acids is 1. The molecule has 3 aromatic rings. The normalized spacial score (nSPS) is 10.5. The van der Waals surface area contributed by atoms with E-state index in [4.69, 9.17) is 14.2 Å². The van der Waals surface area contributed by atoms with Gasteiger partial charge in [0.2, 0.25) is 11.7 Å². The number of benzene rings is 2. The first-order valence-electron chi connectivity index (χ1n) is 9.31. The molecule has 0 saturated heterocycles. The van der Waals surface area contributed by atoms with Crippen molar-refractivity contribution in [2.24, 2.45) is 0 Å². The summed E-state index contributed by atoms with van der Waals surface area (Å²) in [4.78, 5) is 18.0. The zero-order chi connectivity index (χ0) is 21.5. The second-order valence-corrected chi connectivity index (χ2v) is 8.60. The third-order valence-corrected chi connectivity index (χ3v) is 6.41. The molecular weight excluding hydrogens is 420 g/mol. The van der Waals surface area contributed by atoms with Crippen molar-refractivity contribution in [3.63, 3.8) is 0 Å². The van der Waals surface area contributed by atoms with Gasteiger partial charge in [0.25, 0.3) is 0 Å². The number of ether oxygens (including phenoxy) is 3. The van der Waals surface area contributed by atoms with Crippen molar-refractivity contribution in [3.05, 3.63) is 53.0 Å². The topological polar surface area (TPSA) is 69.7 Å². The van der Waals surface area contributed by atoms with Crippen LogP contribution in [0.1, 0.15) is 17.7 Å². The number of aromatic nitrogens is 1. The Balaban J connectivity index is 1.58. The molecule has 2 aromatic carbocycles. The molecule has 0 aliphatic carbocycles. The number of carbonyl (C=O) groups is 1. The highest BCUT2D eigenvalue weighted by Crippen LogP contribution is 2.40. The summed E-state index contributed by atoms with van der Waals surface area (Å²) in [6.07, 6.45) is 0.841. The number of nitrogens with one attached hydrogen (secondary N) is 1. The molecule has 0 fully saturated rings. The van der Waals surface area contributed by atoms with Crippen molar-refractivity contribution >= 4 is 34.7 Å². The fourth-order valence-corrected chi connectivity index (χ4v) is 4.73. The Labute approximate surface area is 184 Å². The minimum absolute atomic E-state index is 0.0669. The maximum absolute atomic E-state index is 12.4. The summed E-state index contributed by atoms with van der Waals surface area (Å²) in [6.45, 7) is 1.98. The number of amides is 1. The van der Waals surface area contributed by atoms with Gasteiger partial charge in [0.1, 0.15) is 0 Å². The molecule has 1 aromatic heterocycles. The predicted octanol–water partition coefficient (Wildman–Crippen LogP) is 5.20. The number of anilines is 1. The van der Waals surface area contributed by atoms with Crippen molar-refractivity contribution in [2.75, 3.05) is 26.6 Å². The molecule has 30 heavy (non-hydrogen) atoms. The van der Waals surface area contributed by atoms with E-state index in [1.807, 2.05) is 48.7 Å². The Morgan fingerprint density at radius 2 is 1.77 bits per heavy atom. The van der Waals surface area contributed by atoms with E-state index in [1.165, 1.54) is 0 Å². The molecule has 0 radical (unpaired) electrons. The average Bonchev–Trinajstić information content (AvgIpc) is 3.17. The molecule has 0 saturated carbocycles. The van der Waals surface area contributed by atoms with Crippen LogP contribution >= 0.6 is 23.1 Å². The van der Waals surface area contributed by atoms with Gasteiger partial charge < -0.3 is 19.5 Å². The number of aryl methyl sites for hydroxylation is 2. The molecule has 8 heteroatoms. The molecule has 1 heterocycles. The van der Waals surface area contributed by atoms with Crippen LogP contribution in [0.2, 0.25) is 0 Å². The Kier molecular flexibility index (Phi) is 7.59. The number of hydrogen-bond acceptors (Lipinski definition) is 7. The lowest BCUT2D eigenvalue weighted by molar-refractivity contribution is -0.116. The van der Waals surface area contributed by atoms with Crippen LogP contribution in [0.15, 0.2) is 51.0 Å². The van der Waals surface area contributed by atoms with E-state index in [9.17, 15) is 4.79 Å². The van der Waals surface area contributed by atoms with Crippen LogP contribution in [0.25, 0.3) is 0 Å². The molecule has 0 aliphatic heterocycles. The van der Waals surface area contributed by atoms with Crippen LogP contribution in [0, 0.1) is 6.92 Å². The van der Waals surface area contributed by atoms with Crippen molar-refractivity contribution in [2.45, 2.75) is 29.0 Å². The first kappa shape index (κ1) is 22.0. The van der Waals surface area contributed by atoms with Crippen molar-refractivity contribution in [1.82, 2.24) is 4.98 Å². The first-order valence-corrected chi connectivity index (χ1v) is 11.0. The fraction of sp³-hybridized carbons (Fsp3) is 0.273. The number of hydrogen-bond donors (Lipinski definition) is 1. The number of nitrogens with zero attached hydrogens (tertiary/aromatic N) is 1. The van der Waals surface area contributed by atoms with Gasteiger partial charge in [-0.05, 0) is 49.2 Å². The van der Waals surface area contributed by atoms with E-state index in [0.29, 0.717) is 30.1 Å². The maximum atomic E-state index is 12.4. The summed E-state index contributed by atoms with van der Waals surface area (Å²) in [5.74, 6) is 1.64. The molecular formula is C22H24N2O4S2. The SMILES string of the molecule is COc1ccc(CCC(=O)Nc2ccc(Sc3nc(C)cs3)cc2)c(OC)c1OC. The monoisotopic (exact) mass is 444 g/mol. The van der Waals surface area contributed by atoms with Crippen LogP contribution in [-0.4, -0.2) is 32.2 Å². The van der Waals surface area contributed by atoms with Crippen molar-refractivity contribution in [1.29, 1.82) is 0 Å². The molecule has 1 N–H and O–H groups in total. The fourth-order valence-electron chi connectivity index (χ4n) is 2.92. The van der Waals surface area contributed by atoms with Gasteiger partial charge in [0.15, 0.2) is 15.8 Å². The summed E-state index contributed by atoms with van der Waals surface area (Å²) < 4.78 is 17.2. The van der Waals surface area contributed by atoms with Gasteiger partial charge in [0.05, 0.1) is 21.3 Å². The molecule has 158 valence electrons. The number of rotatable bonds is 9. The van der Waals surface area contributed by atoms with Gasteiger partial charge in [-0.15, -0.1) is 11.3 Å². The summed E-state index contributed by atoms with van der Waals surface area (Å²) in [5, 5.41) is 4.97. The lowest BCUT2D eigenvalue weighted by Crippen LogP contribution is -2.12. The highest BCUT2D eigenvalue weighted by Gasteiger charge is 2.16. The Hall–Kier alpha value is -2.71. The zero-order valence-electron chi connectivity index (χ0n) is 17.4. The summed E-state index contributed by atoms with van der Waals surface area (Å²) in [6, 6.07) is 11.5. The summed E-state index contributed by atoms with van der Waals surface area (Å²) in [7, 11) is 4.72. The van der Waals surface area contributed by atoms with Gasteiger partial charge in [-0.1, -0.05) is 17.8 Å². The number of thiazole rings is 1. The lowest BCUT2D eigenvalue weighted by atomic mass is 10.1. The molecule has 1 amide bonds. The van der Waals surface area contributed by atoms with Gasteiger partial charge in [0, 0.05) is 28.1 Å². The zero-order valence-corrected chi connectivity index (χ0v) is 19.0. The van der Waals surface area contributed by atoms with Crippen LogP contribution in [0.4, 0.5) is 5.69 Å². The van der Waals surface area contributed by atoms with E-state index in [1.54, 1.807) is 44.4 Å². The Morgan fingerprint density at radius 3 is 2.37 bits per heavy atom. The van der Waals surface area contributed by atoms with Gasteiger partial charge in [-0.3, -0.25) is 4.79 Å². The quantitative estimate of drug-likeness (QED) is 0.489. The summed E-state index contributed by atoms with van der Waals surface area (Å²) in [5.41, 5.74) is 2.67. The van der Waals surface area contributed by atoms with E-state index in [2.05, 4.69) is 10.3 Å². The first-order chi connectivity index (χ1) is 14.5. The Bertz CT molecular complexity index is 1000. The third-order valence-electron chi connectivity index (χ3n) is 4.35. The van der Waals surface area contributed by atoms with Crippen LogP contribution in [0.5, 0.6) is 17.2 Å². The highest BCUT2D eigenvalue weighted by molar-refractivity contribution is 8.01. The molecule has 6 nitrogen and oxygen atoms in total. The second kappa shape index (κ2) is 10.4. The van der Waals surface area contributed by atoms with Gasteiger partial charge in [-0.2, -0.15) is 0 Å². The lowest BCUT2D eigenvalue weighted by Gasteiger charge is -2.15. The molecule has 0 aliphatic rings. The van der Waals surface area contributed by atoms with E-state index >= 15 is 0 Å². The Morgan fingerprint density at radius 1 is 1.03 bits per heavy atom. The maximum Gasteiger partial charge on any atom is 0.224 e. The largest absolute Gasteiger partial charge is 0.493 e. The van der Waals surface area contributed by atoms with Crippen molar-refractivity contribution in [3.8, 4) is 17.2 Å². The van der Waals surface area contributed by atoms with E-state index < -0.39 is 0 Å². The van der Waals surface area contributed by atoms with E-state index in [0.717, 1.165) is 26.2 Å². The third kappa shape index (κ3) is 5.46. The van der Waals surface area contributed by atoms with Crippen LogP contribution in [-0.2, 0) is 11.2 Å². The molecule has 0 atom stereocenters. The molecule has 0 spiro atoms. The minimum Gasteiger partial charge on any atom is -0.493 e. The standard InChI is InChI=1S/C22H24N2O4S2/c1-14-13-29-22(23-14)30-17-9-7-16(8-10-17)24-19(25)12-6-15-5-11-18(26-2)21(28-4)20(15)27-3/h5,7-11,13H,6,12H2,1-4H3,(H,24,25). The smallest absolute Gasteiger partial charge is 0.224 e. The molecule has 0 bridgehead atoms. The highest BCUT2D eigenvalue weighted by atomic mass is 32.2. The van der Waals surface area contributed by atoms with E-state index in [-0.39, 0.29) is 5.91 Å². The number of methoxy groups -OCH3 is 3. The van der Waals surface area contributed by atoms with Crippen molar-refractivity contribution < 1.29 is 19.0 Å². The van der Waals surface area contributed by atoms with Crippen LogP contribution in [0.3, 0.4) is 0 Å². The molecule has 3 rings (SSSR count). The van der Waals surface area contributed by atoms with Gasteiger partial charge in [-0.25, -0.2) is 4.98 Å². The average molecular weight is 445 g/mol.